The number of hydrogen-bond acceptors (Lipinski definition) is 3. The van der Waals surface area contributed by atoms with E-state index in [0.717, 1.165) is 28.5 Å². The molecule has 0 N–H and O–H groups in total. The van der Waals surface area contributed by atoms with E-state index in [4.69, 9.17) is 15.0 Å². The van der Waals surface area contributed by atoms with Crippen LogP contribution in [0.5, 0.6) is 0 Å². The van der Waals surface area contributed by atoms with Crippen LogP contribution in [0.15, 0.2) is 121 Å². The van der Waals surface area contributed by atoms with Crippen LogP contribution in [0.1, 0.15) is 50.2 Å². The van der Waals surface area contributed by atoms with Gasteiger partial charge in [0.2, 0.25) is 5.95 Å². The molecule has 47 heavy (non-hydrogen) atoms. The number of aromatic nitrogens is 4. The van der Waals surface area contributed by atoms with E-state index in [-0.39, 0.29) is 5.41 Å². The van der Waals surface area contributed by atoms with Gasteiger partial charge in [0.1, 0.15) is 0 Å². The van der Waals surface area contributed by atoms with E-state index in [0.29, 0.717) is 23.5 Å². The first-order valence-electron chi connectivity index (χ1n) is 17.2. The molecule has 2 aromatic heterocycles. The fraction of sp³-hybridized carbons (Fsp3) is 0.233. The van der Waals surface area contributed by atoms with Gasteiger partial charge < -0.3 is 0 Å². The average Bonchev–Trinajstić information content (AvgIpc) is 3.61. The van der Waals surface area contributed by atoms with Crippen molar-refractivity contribution in [3.05, 3.63) is 132 Å². The van der Waals surface area contributed by atoms with Crippen molar-refractivity contribution in [2.24, 2.45) is 17.8 Å². The zero-order chi connectivity index (χ0) is 31.1. The van der Waals surface area contributed by atoms with Gasteiger partial charge in [-0.1, -0.05) is 122 Å². The van der Waals surface area contributed by atoms with Crippen LogP contribution in [0.4, 0.5) is 0 Å². The van der Waals surface area contributed by atoms with Gasteiger partial charge >= 0.3 is 0 Å². The van der Waals surface area contributed by atoms with Crippen LogP contribution < -0.4 is 0 Å². The first kappa shape index (κ1) is 27.1. The van der Waals surface area contributed by atoms with E-state index in [1.165, 1.54) is 70.6 Å². The Balaban J connectivity index is 1.31. The molecule has 4 heteroatoms. The summed E-state index contributed by atoms with van der Waals surface area (Å²) in [7, 11) is 0. The highest BCUT2D eigenvalue weighted by molar-refractivity contribution is 6.15. The maximum atomic E-state index is 5.26. The molecular formula is C43H36N4. The van der Waals surface area contributed by atoms with Crippen molar-refractivity contribution in [1.29, 1.82) is 0 Å². The fourth-order valence-electron chi connectivity index (χ4n) is 9.77. The highest BCUT2D eigenvalue weighted by Gasteiger charge is 2.53. The second kappa shape index (κ2) is 10.2. The summed E-state index contributed by atoms with van der Waals surface area (Å²) in [6.07, 6.45) is 6.57. The van der Waals surface area contributed by atoms with Crippen LogP contribution in [0.3, 0.4) is 0 Å². The zero-order valence-electron chi connectivity index (χ0n) is 26.6. The predicted octanol–water partition coefficient (Wildman–Crippen LogP) is 10.4. The van der Waals surface area contributed by atoms with E-state index in [1.54, 1.807) is 0 Å². The second-order valence-corrected chi connectivity index (χ2v) is 14.2. The second-order valence-electron chi connectivity index (χ2n) is 14.2. The van der Waals surface area contributed by atoms with Crippen molar-refractivity contribution in [2.75, 3.05) is 0 Å². The highest BCUT2D eigenvalue weighted by atomic mass is 15.2. The third-order valence-electron chi connectivity index (χ3n) is 11.6. The Kier molecular flexibility index (Phi) is 5.88. The summed E-state index contributed by atoms with van der Waals surface area (Å²) in [5, 5.41) is 2.47. The lowest BCUT2D eigenvalue weighted by atomic mass is 9.53. The number of benzene rings is 5. The Morgan fingerprint density at radius 2 is 1.30 bits per heavy atom. The minimum atomic E-state index is 0.0517. The van der Waals surface area contributed by atoms with Gasteiger partial charge in [-0.25, -0.2) is 4.98 Å². The molecule has 2 bridgehead atoms. The van der Waals surface area contributed by atoms with Crippen molar-refractivity contribution in [2.45, 2.75) is 44.4 Å². The van der Waals surface area contributed by atoms with Gasteiger partial charge in [-0.05, 0) is 72.6 Å². The van der Waals surface area contributed by atoms with Crippen molar-refractivity contribution in [3.8, 4) is 39.9 Å². The first-order chi connectivity index (χ1) is 23.2. The largest absolute Gasteiger partial charge is 0.277 e. The van der Waals surface area contributed by atoms with Crippen molar-refractivity contribution >= 4 is 21.8 Å². The summed E-state index contributed by atoms with van der Waals surface area (Å²) in [4.78, 5) is 15.5. The maximum Gasteiger partial charge on any atom is 0.238 e. The predicted molar refractivity (Wildman–Crippen MR) is 190 cm³/mol. The number of hydrogen-bond donors (Lipinski definition) is 0. The third-order valence-corrected chi connectivity index (χ3v) is 11.6. The van der Waals surface area contributed by atoms with Crippen LogP contribution in [-0.2, 0) is 5.41 Å². The van der Waals surface area contributed by atoms with Gasteiger partial charge in [0, 0.05) is 32.9 Å². The van der Waals surface area contributed by atoms with Crippen LogP contribution in [0.2, 0.25) is 0 Å². The van der Waals surface area contributed by atoms with E-state index < -0.39 is 0 Å². The lowest BCUT2D eigenvalue weighted by Crippen LogP contribution is -2.44. The maximum absolute atomic E-state index is 5.26. The minimum absolute atomic E-state index is 0.0517. The number of nitrogens with zero attached hydrogens (tertiary/aromatic N) is 4. The Bertz CT molecular complexity index is 2260. The lowest BCUT2D eigenvalue weighted by molar-refractivity contribution is 0.0856. The minimum Gasteiger partial charge on any atom is -0.277 e. The van der Waals surface area contributed by atoms with E-state index in [2.05, 4.69) is 96.4 Å². The van der Waals surface area contributed by atoms with Gasteiger partial charge in [-0.2, -0.15) is 9.97 Å². The highest BCUT2D eigenvalue weighted by Crippen LogP contribution is 2.63. The molecule has 1 spiro atoms. The lowest BCUT2D eigenvalue weighted by Gasteiger charge is -2.50. The Hall–Kier alpha value is -5.09. The molecule has 2 saturated carbocycles. The van der Waals surface area contributed by atoms with Gasteiger partial charge in [-0.15, -0.1) is 0 Å². The molecule has 3 aliphatic rings. The van der Waals surface area contributed by atoms with Crippen LogP contribution >= 0.6 is 0 Å². The summed E-state index contributed by atoms with van der Waals surface area (Å²) in [5.74, 6) is 4.32. The average molecular weight is 609 g/mol. The Morgan fingerprint density at radius 3 is 2.06 bits per heavy atom. The molecule has 7 aromatic rings. The molecule has 228 valence electrons. The van der Waals surface area contributed by atoms with Crippen LogP contribution in [-0.4, -0.2) is 19.5 Å². The van der Waals surface area contributed by atoms with E-state index in [1.807, 2.05) is 36.4 Å². The molecular weight excluding hydrogens is 573 g/mol. The quantitative estimate of drug-likeness (QED) is 0.200. The van der Waals surface area contributed by atoms with Crippen LogP contribution in [0.25, 0.3) is 61.7 Å². The van der Waals surface area contributed by atoms with Crippen molar-refractivity contribution in [3.63, 3.8) is 0 Å². The monoisotopic (exact) mass is 608 g/mol. The summed E-state index contributed by atoms with van der Waals surface area (Å²) >= 11 is 0. The number of rotatable bonds is 3. The van der Waals surface area contributed by atoms with Crippen molar-refractivity contribution < 1.29 is 0 Å². The standard InChI is InChI=1S/C43H36N4/c1-27-24-28-22-23-43(31(25-27)26-28)35-18-10-8-17-34(35)38-36(43)21-20-33-32-16-9-11-19-37(32)47(39(33)38)42-45-40(29-12-4-2-5-13-29)44-41(46-42)30-14-6-3-7-15-30/h2-21,27-28,31H,22-26H2,1H3. The van der Waals surface area contributed by atoms with E-state index in [9.17, 15) is 0 Å². The zero-order valence-corrected chi connectivity index (χ0v) is 26.6. The molecule has 4 unspecified atom stereocenters. The smallest absolute Gasteiger partial charge is 0.238 e. The summed E-state index contributed by atoms with van der Waals surface area (Å²) < 4.78 is 2.34. The summed E-state index contributed by atoms with van der Waals surface area (Å²) in [5.41, 5.74) is 10.1. The fourth-order valence-corrected chi connectivity index (χ4v) is 9.77. The molecule has 3 aliphatic carbocycles. The van der Waals surface area contributed by atoms with Gasteiger partial charge in [0.15, 0.2) is 11.6 Å². The van der Waals surface area contributed by atoms with Gasteiger partial charge in [-0.3, -0.25) is 4.57 Å². The molecule has 4 atom stereocenters. The molecule has 0 radical (unpaired) electrons. The van der Waals surface area contributed by atoms with E-state index >= 15 is 0 Å². The molecule has 2 heterocycles. The topological polar surface area (TPSA) is 43.6 Å². The SMILES string of the molecule is CC1CC2CCC3(c4ccccc4-c4c3ccc3c5ccccc5n(-c5nc(-c6ccccc6)nc(-c6ccccc6)n5)c43)C(C1)C2. The molecule has 0 amide bonds. The van der Waals surface area contributed by atoms with Crippen LogP contribution in [0, 0.1) is 17.8 Å². The Labute approximate surface area is 275 Å². The molecule has 0 saturated heterocycles. The van der Waals surface area contributed by atoms with Gasteiger partial charge in [0.25, 0.3) is 0 Å². The normalized spacial score (nSPS) is 22.9. The molecule has 0 aliphatic heterocycles. The van der Waals surface area contributed by atoms with Crippen molar-refractivity contribution in [1.82, 2.24) is 19.5 Å². The number of para-hydroxylation sites is 1. The third kappa shape index (κ3) is 3.91. The molecule has 4 nitrogen and oxygen atoms in total. The molecule has 10 rings (SSSR count). The Morgan fingerprint density at radius 1 is 0.617 bits per heavy atom. The summed E-state index contributed by atoms with van der Waals surface area (Å²) in [6, 6.07) is 43.6. The summed E-state index contributed by atoms with van der Waals surface area (Å²) in [6.45, 7) is 2.48. The van der Waals surface area contributed by atoms with Gasteiger partial charge in [0.05, 0.1) is 11.0 Å². The molecule has 2 fully saturated rings. The first-order valence-corrected chi connectivity index (χ1v) is 17.2. The number of fused-ring (bicyclic) bond motifs is 12. The molecule has 5 aromatic carbocycles.